The van der Waals surface area contributed by atoms with Gasteiger partial charge in [0, 0.05) is 13.1 Å². The van der Waals surface area contributed by atoms with Crippen LogP contribution in [0.3, 0.4) is 0 Å². The van der Waals surface area contributed by atoms with Gasteiger partial charge < -0.3 is 0 Å². The second kappa shape index (κ2) is 6.70. The molecule has 1 heterocycles. The van der Waals surface area contributed by atoms with Gasteiger partial charge in [-0.15, -0.1) is 0 Å². The summed E-state index contributed by atoms with van der Waals surface area (Å²) in [5, 5.41) is 0.0343. The van der Waals surface area contributed by atoms with Crippen molar-refractivity contribution in [3.63, 3.8) is 0 Å². The van der Waals surface area contributed by atoms with Gasteiger partial charge in [0.15, 0.2) is 0 Å². The van der Waals surface area contributed by atoms with E-state index in [1.165, 1.54) is 16.7 Å². The molecule has 1 rings (SSSR count). The van der Waals surface area contributed by atoms with Crippen molar-refractivity contribution in [2.24, 2.45) is 0 Å². The summed E-state index contributed by atoms with van der Waals surface area (Å²) in [6.45, 7) is 1.88. The van der Waals surface area contributed by atoms with Crippen LogP contribution in [0, 0.1) is 0 Å². The van der Waals surface area contributed by atoms with Crippen LogP contribution in [0.1, 0.15) is 13.3 Å². The van der Waals surface area contributed by atoms with Gasteiger partial charge in [0.2, 0.25) is 15.3 Å². The SMILES string of the molecule is CSCCC(C)N(C)S(=O)(=O)c1cnc(Cl)nc1. The van der Waals surface area contributed by atoms with Crippen molar-refractivity contribution < 1.29 is 8.42 Å². The summed E-state index contributed by atoms with van der Waals surface area (Å²) in [4.78, 5) is 7.45. The van der Waals surface area contributed by atoms with E-state index in [1.807, 2.05) is 13.2 Å². The van der Waals surface area contributed by atoms with Crippen LogP contribution in [0.5, 0.6) is 0 Å². The summed E-state index contributed by atoms with van der Waals surface area (Å²) in [6, 6.07) is -0.0712. The summed E-state index contributed by atoms with van der Waals surface area (Å²) < 4.78 is 25.8. The molecule has 18 heavy (non-hydrogen) atoms. The van der Waals surface area contributed by atoms with Gasteiger partial charge in [0.25, 0.3) is 0 Å². The molecule has 102 valence electrons. The third-order valence-corrected chi connectivity index (χ3v) is 5.40. The largest absolute Gasteiger partial charge is 0.246 e. The van der Waals surface area contributed by atoms with E-state index in [2.05, 4.69) is 9.97 Å². The second-order valence-electron chi connectivity index (χ2n) is 3.84. The van der Waals surface area contributed by atoms with Crippen molar-refractivity contribution in [1.29, 1.82) is 0 Å². The number of halogens is 1. The lowest BCUT2D eigenvalue weighted by molar-refractivity contribution is 0.382. The number of hydrogen-bond acceptors (Lipinski definition) is 5. The molecule has 1 aromatic heterocycles. The van der Waals surface area contributed by atoms with Gasteiger partial charge in [-0.3, -0.25) is 0 Å². The normalized spacial score (nSPS) is 13.8. The number of sulfonamides is 1. The molecule has 1 aromatic rings. The summed E-state index contributed by atoms with van der Waals surface area (Å²) in [5.41, 5.74) is 0. The zero-order valence-electron chi connectivity index (χ0n) is 10.5. The number of aromatic nitrogens is 2. The molecule has 0 fully saturated rings. The van der Waals surface area contributed by atoms with E-state index < -0.39 is 10.0 Å². The molecule has 5 nitrogen and oxygen atoms in total. The molecule has 8 heteroatoms. The Morgan fingerprint density at radius 1 is 1.44 bits per heavy atom. The molecule has 0 aliphatic carbocycles. The zero-order valence-corrected chi connectivity index (χ0v) is 12.9. The Bertz CT molecular complexity index is 478. The predicted molar refractivity (Wildman–Crippen MR) is 74.5 cm³/mol. The zero-order chi connectivity index (χ0) is 13.8. The summed E-state index contributed by atoms with van der Waals surface area (Å²) in [5.74, 6) is 0.915. The van der Waals surface area contributed by atoms with Crippen LogP contribution < -0.4 is 0 Å². The minimum atomic E-state index is -3.54. The molecule has 0 radical (unpaired) electrons. The highest BCUT2D eigenvalue weighted by Gasteiger charge is 2.25. The fourth-order valence-electron chi connectivity index (χ4n) is 1.31. The van der Waals surface area contributed by atoms with E-state index >= 15 is 0 Å². The van der Waals surface area contributed by atoms with Crippen molar-refractivity contribution in [2.75, 3.05) is 19.1 Å². The number of nitrogens with zero attached hydrogens (tertiary/aromatic N) is 3. The average molecular weight is 310 g/mol. The van der Waals surface area contributed by atoms with Gasteiger partial charge in [0.05, 0.1) is 12.4 Å². The fraction of sp³-hybridized carbons (Fsp3) is 0.600. The molecular formula is C10H16ClN3O2S2. The van der Waals surface area contributed by atoms with Crippen LogP contribution >= 0.6 is 23.4 Å². The molecule has 0 aliphatic rings. The molecule has 0 aromatic carbocycles. The van der Waals surface area contributed by atoms with Crippen LogP contribution in [0.15, 0.2) is 17.3 Å². The first-order valence-electron chi connectivity index (χ1n) is 5.34. The first-order chi connectivity index (χ1) is 8.39. The van der Waals surface area contributed by atoms with Crippen LogP contribution in [-0.2, 0) is 10.0 Å². The van der Waals surface area contributed by atoms with E-state index in [1.54, 1.807) is 18.8 Å². The Balaban J connectivity index is 2.89. The third kappa shape index (κ3) is 3.81. The number of hydrogen-bond donors (Lipinski definition) is 0. The van der Waals surface area contributed by atoms with E-state index in [-0.39, 0.29) is 16.2 Å². The minimum Gasteiger partial charge on any atom is -0.225 e. The van der Waals surface area contributed by atoms with Gasteiger partial charge in [-0.05, 0) is 37.0 Å². The third-order valence-electron chi connectivity index (χ3n) is 2.63. The second-order valence-corrected chi connectivity index (χ2v) is 7.16. The Kier molecular flexibility index (Phi) is 5.84. The number of rotatable bonds is 6. The first-order valence-corrected chi connectivity index (χ1v) is 8.55. The fourth-order valence-corrected chi connectivity index (χ4v) is 3.26. The standard InChI is InChI=1S/C10H16ClN3O2S2/c1-8(4-5-17-3)14(2)18(15,16)9-6-12-10(11)13-7-9/h6-8H,4-5H2,1-3H3. The maximum Gasteiger partial charge on any atom is 0.246 e. The predicted octanol–water partition coefficient (Wildman–Crippen LogP) is 1.89. The van der Waals surface area contributed by atoms with Crippen molar-refractivity contribution in [3.8, 4) is 0 Å². The first kappa shape index (κ1) is 15.7. The molecule has 0 aliphatic heterocycles. The Morgan fingerprint density at radius 3 is 2.50 bits per heavy atom. The topological polar surface area (TPSA) is 63.2 Å². The highest BCUT2D eigenvalue weighted by molar-refractivity contribution is 7.98. The Morgan fingerprint density at radius 2 is 2.00 bits per heavy atom. The Labute approximate surface area is 117 Å². The van der Waals surface area contributed by atoms with E-state index in [0.29, 0.717) is 0 Å². The van der Waals surface area contributed by atoms with Gasteiger partial charge in [0.1, 0.15) is 4.90 Å². The molecule has 0 saturated carbocycles. The molecule has 1 unspecified atom stereocenters. The molecule has 0 amide bonds. The smallest absolute Gasteiger partial charge is 0.225 e. The molecule has 0 N–H and O–H groups in total. The van der Waals surface area contributed by atoms with Gasteiger partial charge >= 0.3 is 0 Å². The number of thioether (sulfide) groups is 1. The van der Waals surface area contributed by atoms with Crippen LogP contribution in [0.4, 0.5) is 0 Å². The summed E-state index contributed by atoms with van der Waals surface area (Å²) in [6.07, 6.45) is 5.24. The lowest BCUT2D eigenvalue weighted by atomic mass is 10.3. The van der Waals surface area contributed by atoms with Gasteiger partial charge in [-0.1, -0.05) is 0 Å². The average Bonchev–Trinajstić information content (AvgIpc) is 2.35. The quantitative estimate of drug-likeness (QED) is 0.751. The Hall–Kier alpha value is -0.370. The van der Waals surface area contributed by atoms with Crippen molar-refractivity contribution >= 4 is 33.4 Å². The van der Waals surface area contributed by atoms with Crippen molar-refractivity contribution in [3.05, 3.63) is 17.7 Å². The molecule has 0 saturated heterocycles. The summed E-state index contributed by atoms with van der Waals surface area (Å²) in [7, 11) is -1.98. The van der Waals surface area contributed by atoms with Crippen LogP contribution in [-0.4, -0.2) is 47.8 Å². The van der Waals surface area contributed by atoms with E-state index in [4.69, 9.17) is 11.6 Å². The molecular weight excluding hydrogens is 294 g/mol. The maximum absolute atomic E-state index is 12.2. The lowest BCUT2D eigenvalue weighted by Crippen LogP contribution is -2.35. The van der Waals surface area contributed by atoms with Crippen LogP contribution in [0.25, 0.3) is 0 Å². The van der Waals surface area contributed by atoms with E-state index in [9.17, 15) is 8.42 Å². The molecule has 1 atom stereocenters. The maximum atomic E-state index is 12.2. The van der Waals surface area contributed by atoms with Crippen molar-refractivity contribution in [2.45, 2.75) is 24.3 Å². The molecule has 0 spiro atoms. The lowest BCUT2D eigenvalue weighted by Gasteiger charge is -2.23. The van der Waals surface area contributed by atoms with Crippen LogP contribution in [0.2, 0.25) is 5.28 Å². The minimum absolute atomic E-state index is 0.0343. The highest BCUT2D eigenvalue weighted by atomic mass is 35.5. The summed E-state index contributed by atoms with van der Waals surface area (Å²) >= 11 is 7.23. The van der Waals surface area contributed by atoms with Crippen molar-refractivity contribution in [1.82, 2.24) is 14.3 Å². The molecule has 0 bridgehead atoms. The van der Waals surface area contributed by atoms with Gasteiger partial charge in [-0.2, -0.15) is 16.1 Å². The van der Waals surface area contributed by atoms with Gasteiger partial charge in [-0.25, -0.2) is 18.4 Å². The highest BCUT2D eigenvalue weighted by Crippen LogP contribution is 2.17. The monoisotopic (exact) mass is 309 g/mol. The van der Waals surface area contributed by atoms with E-state index in [0.717, 1.165) is 12.2 Å².